The summed E-state index contributed by atoms with van der Waals surface area (Å²) in [5, 5.41) is 15.8. The van der Waals surface area contributed by atoms with Gasteiger partial charge in [0.1, 0.15) is 12.4 Å². The number of nitrogens with one attached hydrogen (secondary N) is 1. The third-order valence-corrected chi connectivity index (χ3v) is 7.91. The lowest BCUT2D eigenvalue weighted by Gasteiger charge is -2.31. The average molecular weight is 478 g/mol. The summed E-state index contributed by atoms with van der Waals surface area (Å²) in [6.07, 6.45) is 1.65. The molecule has 2 aliphatic heterocycles. The molecule has 35 heavy (non-hydrogen) atoms. The third-order valence-electron chi connectivity index (χ3n) is 7.91. The zero-order valence-electron chi connectivity index (χ0n) is 20.3. The van der Waals surface area contributed by atoms with Gasteiger partial charge in [0.05, 0.1) is 29.0 Å². The SMILES string of the molecule is CC[C@]1(O)C(=O)OCc2c1cc1n(c2=O)Cc2c-1nc1cc(F)c(C)c3c1c2C(NC(C)C)CC3. The van der Waals surface area contributed by atoms with Crippen molar-refractivity contribution in [1.82, 2.24) is 14.9 Å². The number of fused-ring (bicyclic) bond motifs is 5. The number of hydrogen-bond donors (Lipinski definition) is 2. The number of esters is 1. The molecule has 0 fully saturated rings. The Hall–Kier alpha value is -3.10. The Morgan fingerprint density at radius 3 is 2.77 bits per heavy atom. The van der Waals surface area contributed by atoms with Crippen LogP contribution in [0.1, 0.15) is 73.0 Å². The Morgan fingerprint density at radius 2 is 2.06 bits per heavy atom. The smallest absolute Gasteiger partial charge is 0.343 e. The molecule has 0 radical (unpaired) electrons. The molecule has 0 bridgehead atoms. The first-order chi connectivity index (χ1) is 16.7. The topological polar surface area (TPSA) is 93.5 Å². The number of pyridine rings is 2. The molecular formula is C27H28FN3O4. The van der Waals surface area contributed by atoms with Crippen molar-refractivity contribution in [1.29, 1.82) is 0 Å². The van der Waals surface area contributed by atoms with Gasteiger partial charge in [-0.25, -0.2) is 14.2 Å². The summed E-state index contributed by atoms with van der Waals surface area (Å²) in [5.41, 5.74) is 3.76. The van der Waals surface area contributed by atoms with Gasteiger partial charge < -0.3 is 19.7 Å². The molecule has 3 aromatic rings. The predicted octanol–water partition coefficient (Wildman–Crippen LogP) is 3.51. The first-order valence-corrected chi connectivity index (χ1v) is 12.2. The van der Waals surface area contributed by atoms with E-state index in [4.69, 9.17) is 9.72 Å². The van der Waals surface area contributed by atoms with E-state index < -0.39 is 11.6 Å². The van der Waals surface area contributed by atoms with Crippen LogP contribution in [0.15, 0.2) is 16.9 Å². The molecule has 182 valence electrons. The quantitative estimate of drug-likeness (QED) is 0.439. The number of ether oxygens (including phenoxy) is 1. The molecule has 3 aliphatic rings. The van der Waals surface area contributed by atoms with Gasteiger partial charge in [0, 0.05) is 34.7 Å². The van der Waals surface area contributed by atoms with Crippen molar-refractivity contribution in [2.45, 2.75) is 77.8 Å². The maximum absolute atomic E-state index is 14.9. The summed E-state index contributed by atoms with van der Waals surface area (Å²) < 4.78 is 21.7. The molecule has 0 spiro atoms. The molecule has 0 amide bonds. The van der Waals surface area contributed by atoms with Gasteiger partial charge >= 0.3 is 5.97 Å². The van der Waals surface area contributed by atoms with Crippen molar-refractivity contribution < 1.29 is 19.0 Å². The minimum atomic E-state index is -1.88. The third kappa shape index (κ3) is 2.93. The van der Waals surface area contributed by atoms with Crippen molar-refractivity contribution in [3.8, 4) is 11.4 Å². The van der Waals surface area contributed by atoms with Crippen molar-refractivity contribution in [2.24, 2.45) is 0 Å². The second-order valence-electron chi connectivity index (χ2n) is 10.2. The van der Waals surface area contributed by atoms with Gasteiger partial charge in [0.2, 0.25) is 0 Å². The highest BCUT2D eigenvalue weighted by Gasteiger charge is 2.45. The van der Waals surface area contributed by atoms with Crippen LogP contribution in [0.3, 0.4) is 0 Å². The standard InChI is InChI=1S/C27H28FN3O4/c1-5-27(34)17-8-21-24-15(10-31(21)25(32)16(17)11-35-26(27)33)23-19(29-12(2)3)7-6-14-13(4)18(28)9-20(30-24)22(14)23/h8-9,12,19,29,34H,5-7,10-11H2,1-4H3/t19?,27-/m1/s1. The van der Waals surface area contributed by atoms with E-state index in [1.807, 2.05) is 6.92 Å². The first-order valence-electron chi connectivity index (χ1n) is 12.2. The van der Waals surface area contributed by atoms with E-state index in [1.165, 1.54) is 6.07 Å². The van der Waals surface area contributed by atoms with Crippen LogP contribution in [-0.2, 0) is 34.7 Å². The fourth-order valence-corrected chi connectivity index (χ4v) is 6.12. The molecule has 2 atom stereocenters. The fourth-order valence-electron chi connectivity index (χ4n) is 6.12. The predicted molar refractivity (Wildman–Crippen MR) is 129 cm³/mol. The Bertz CT molecular complexity index is 1510. The largest absolute Gasteiger partial charge is 0.458 e. The minimum absolute atomic E-state index is 0.0451. The first kappa shape index (κ1) is 22.4. The number of rotatable bonds is 3. The van der Waals surface area contributed by atoms with E-state index >= 15 is 0 Å². The lowest BCUT2D eigenvalue weighted by atomic mass is 9.81. The number of cyclic esters (lactones) is 1. The second kappa shape index (κ2) is 7.45. The maximum Gasteiger partial charge on any atom is 0.343 e. The molecule has 0 saturated carbocycles. The summed E-state index contributed by atoms with van der Waals surface area (Å²) in [6, 6.07) is 3.47. The molecular weight excluding hydrogens is 449 g/mol. The van der Waals surface area contributed by atoms with Crippen LogP contribution in [0.4, 0.5) is 4.39 Å². The summed E-state index contributed by atoms with van der Waals surface area (Å²) in [7, 11) is 0. The minimum Gasteiger partial charge on any atom is -0.458 e. The molecule has 8 heteroatoms. The highest BCUT2D eigenvalue weighted by Crippen LogP contribution is 2.46. The van der Waals surface area contributed by atoms with Crippen LogP contribution in [0.25, 0.3) is 22.3 Å². The number of aryl methyl sites for hydroxylation is 1. The van der Waals surface area contributed by atoms with Gasteiger partial charge in [0.15, 0.2) is 5.60 Å². The van der Waals surface area contributed by atoms with Gasteiger partial charge in [0.25, 0.3) is 5.56 Å². The summed E-state index contributed by atoms with van der Waals surface area (Å²) in [6.45, 7) is 7.85. The summed E-state index contributed by atoms with van der Waals surface area (Å²) in [4.78, 5) is 30.9. The number of benzene rings is 1. The van der Waals surface area contributed by atoms with Crippen LogP contribution in [0.5, 0.6) is 0 Å². The Morgan fingerprint density at radius 1 is 1.29 bits per heavy atom. The molecule has 1 aromatic carbocycles. The normalized spacial score (nSPS) is 22.3. The van der Waals surface area contributed by atoms with E-state index in [0.29, 0.717) is 34.6 Å². The number of aromatic nitrogens is 2. The van der Waals surface area contributed by atoms with Crippen molar-refractivity contribution >= 4 is 16.9 Å². The van der Waals surface area contributed by atoms with Crippen LogP contribution < -0.4 is 10.9 Å². The van der Waals surface area contributed by atoms with Crippen LogP contribution in [-0.4, -0.2) is 26.7 Å². The van der Waals surface area contributed by atoms with E-state index in [2.05, 4.69) is 19.2 Å². The molecule has 1 unspecified atom stereocenters. The molecule has 2 aromatic heterocycles. The van der Waals surface area contributed by atoms with Crippen molar-refractivity contribution in [3.63, 3.8) is 0 Å². The Kier molecular flexibility index (Phi) is 4.76. The Labute approximate surface area is 201 Å². The second-order valence-corrected chi connectivity index (χ2v) is 10.2. The van der Waals surface area contributed by atoms with E-state index in [-0.39, 0.29) is 42.1 Å². The van der Waals surface area contributed by atoms with Crippen LogP contribution in [0.2, 0.25) is 0 Å². The maximum atomic E-state index is 14.9. The van der Waals surface area contributed by atoms with E-state index in [9.17, 15) is 19.1 Å². The zero-order chi connectivity index (χ0) is 24.8. The highest BCUT2D eigenvalue weighted by atomic mass is 19.1. The van der Waals surface area contributed by atoms with Gasteiger partial charge in [-0.05, 0) is 48.9 Å². The van der Waals surface area contributed by atoms with Gasteiger partial charge in [-0.2, -0.15) is 0 Å². The number of hydrogen-bond acceptors (Lipinski definition) is 6. The monoisotopic (exact) mass is 477 g/mol. The molecule has 1 aliphatic carbocycles. The van der Waals surface area contributed by atoms with Gasteiger partial charge in [-0.3, -0.25) is 4.79 Å². The van der Waals surface area contributed by atoms with Crippen molar-refractivity contribution in [3.05, 3.63) is 61.7 Å². The number of nitrogens with zero attached hydrogens (tertiary/aromatic N) is 2. The molecule has 7 nitrogen and oxygen atoms in total. The van der Waals surface area contributed by atoms with Gasteiger partial charge in [-0.15, -0.1) is 0 Å². The van der Waals surface area contributed by atoms with Crippen molar-refractivity contribution in [2.75, 3.05) is 0 Å². The molecule has 2 N–H and O–H groups in total. The average Bonchev–Trinajstić information content (AvgIpc) is 3.19. The molecule has 6 rings (SSSR count). The lowest BCUT2D eigenvalue weighted by molar-refractivity contribution is -0.172. The zero-order valence-corrected chi connectivity index (χ0v) is 20.3. The van der Waals surface area contributed by atoms with Crippen LogP contribution >= 0.6 is 0 Å². The number of halogens is 1. The fraction of sp³-hybridized carbons (Fsp3) is 0.444. The number of aliphatic hydroxyl groups is 1. The lowest BCUT2D eigenvalue weighted by Crippen LogP contribution is -2.44. The summed E-state index contributed by atoms with van der Waals surface area (Å²) in [5.74, 6) is -1.04. The molecule has 4 heterocycles. The van der Waals surface area contributed by atoms with E-state index in [1.54, 1.807) is 17.6 Å². The van der Waals surface area contributed by atoms with E-state index in [0.717, 1.165) is 34.9 Å². The highest BCUT2D eigenvalue weighted by molar-refractivity contribution is 5.93. The van der Waals surface area contributed by atoms with Gasteiger partial charge in [-0.1, -0.05) is 20.8 Å². The Balaban J connectivity index is 1.68. The summed E-state index contributed by atoms with van der Waals surface area (Å²) >= 11 is 0. The van der Waals surface area contributed by atoms with Crippen LogP contribution in [0, 0.1) is 12.7 Å². The number of carbonyl (C=O) groups excluding carboxylic acids is 1. The molecule has 0 saturated heterocycles. The number of carbonyl (C=O) groups is 1.